The van der Waals surface area contributed by atoms with Crippen LogP contribution in [0.25, 0.3) is 0 Å². The van der Waals surface area contributed by atoms with Crippen molar-refractivity contribution in [1.82, 2.24) is 0 Å². The zero-order chi connectivity index (χ0) is 14.7. The van der Waals surface area contributed by atoms with Crippen molar-refractivity contribution in [1.29, 1.82) is 0 Å². The molecule has 0 heterocycles. The summed E-state index contributed by atoms with van der Waals surface area (Å²) in [6.45, 7) is 0.580. The van der Waals surface area contributed by atoms with Crippen LogP contribution in [0.3, 0.4) is 0 Å². The number of anilines is 1. The van der Waals surface area contributed by atoms with Gasteiger partial charge in [0.2, 0.25) is 0 Å². The first-order chi connectivity index (χ1) is 10.2. The highest BCUT2D eigenvalue weighted by Gasteiger charge is 2.10. The fraction of sp³-hybridized carbons (Fsp3) is 0.235. The van der Waals surface area contributed by atoms with Crippen LogP contribution < -0.4 is 11.1 Å². The molecular weight excluding hydrogens is 453 g/mol. The lowest BCUT2D eigenvalue weighted by Gasteiger charge is -2.08. The largest absolute Gasteiger partial charge is 0.370 e. The Labute approximate surface area is 156 Å². The smallest absolute Gasteiger partial charge is 0.193 e. The second kappa shape index (κ2) is 7.97. The average molecular weight is 472 g/mol. The van der Waals surface area contributed by atoms with Gasteiger partial charge in [0.15, 0.2) is 5.96 Å². The van der Waals surface area contributed by atoms with Gasteiger partial charge in [0, 0.05) is 10.2 Å². The van der Waals surface area contributed by atoms with Gasteiger partial charge < -0.3 is 11.1 Å². The summed E-state index contributed by atoms with van der Waals surface area (Å²) in [7, 11) is 0. The third kappa shape index (κ3) is 4.46. The van der Waals surface area contributed by atoms with E-state index in [-0.39, 0.29) is 24.0 Å². The number of halogens is 2. The molecule has 0 amide bonds. The Morgan fingerprint density at radius 2 is 1.82 bits per heavy atom. The molecule has 2 aromatic carbocycles. The molecule has 3 N–H and O–H groups in total. The lowest BCUT2D eigenvalue weighted by molar-refractivity contribution is 0.912. The quantitative estimate of drug-likeness (QED) is 0.394. The lowest BCUT2D eigenvalue weighted by atomic mass is 10.1. The fourth-order valence-electron chi connectivity index (χ4n) is 2.60. The van der Waals surface area contributed by atoms with Gasteiger partial charge in [-0.25, -0.2) is 4.99 Å². The molecule has 0 saturated heterocycles. The Morgan fingerprint density at radius 3 is 2.59 bits per heavy atom. The summed E-state index contributed by atoms with van der Waals surface area (Å²) in [6, 6.07) is 14.5. The first-order valence-corrected chi connectivity index (χ1v) is 7.93. The van der Waals surface area contributed by atoms with Gasteiger partial charge >= 0.3 is 0 Å². The fourth-order valence-corrected chi connectivity index (χ4v) is 2.87. The van der Waals surface area contributed by atoms with Crippen LogP contribution in [0, 0.1) is 0 Å². The maximum atomic E-state index is 5.96. The molecule has 0 fully saturated rings. The van der Waals surface area contributed by atoms with Crippen LogP contribution in [-0.4, -0.2) is 5.96 Å². The first kappa shape index (κ1) is 17.3. The molecule has 3 nitrogen and oxygen atoms in total. The standard InChI is InChI=1S/C17H18BrN3.HI/c18-15-7-4-12(5-8-15)11-20-17(19)21-16-9-6-13-2-1-3-14(13)10-16;/h4-10H,1-3,11H2,(H3,19,20,21);1H. The number of nitrogens with two attached hydrogens (primary N) is 1. The van der Waals surface area contributed by atoms with E-state index >= 15 is 0 Å². The van der Waals surface area contributed by atoms with Gasteiger partial charge in [0.1, 0.15) is 0 Å². The molecule has 0 spiro atoms. The predicted octanol–water partition coefficient (Wildman–Crippen LogP) is 4.48. The van der Waals surface area contributed by atoms with Crippen LogP contribution in [0.2, 0.25) is 0 Å². The van der Waals surface area contributed by atoms with E-state index in [1.807, 2.05) is 24.3 Å². The number of hydrogen-bond donors (Lipinski definition) is 2. The van der Waals surface area contributed by atoms with Gasteiger partial charge in [0.25, 0.3) is 0 Å². The Bertz CT molecular complexity index is 668. The van der Waals surface area contributed by atoms with Crippen molar-refractivity contribution in [2.45, 2.75) is 25.8 Å². The van der Waals surface area contributed by atoms with Crippen LogP contribution in [0.15, 0.2) is 51.9 Å². The van der Waals surface area contributed by atoms with E-state index in [1.54, 1.807) is 0 Å². The van der Waals surface area contributed by atoms with Crippen molar-refractivity contribution in [3.8, 4) is 0 Å². The van der Waals surface area contributed by atoms with Crippen molar-refractivity contribution < 1.29 is 0 Å². The molecule has 0 unspecified atom stereocenters. The van der Waals surface area contributed by atoms with Gasteiger partial charge in [-0.3, -0.25) is 0 Å². The molecule has 116 valence electrons. The minimum absolute atomic E-state index is 0. The van der Waals surface area contributed by atoms with Crippen molar-refractivity contribution >= 4 is 51.6 Å². The van der Waals surface area contributed by atoms with Crippen LogP contribution in [0.5, 0.6) is 0 Å². The van der Waals surface area contributed by atoms with Gasteiger partial charge in [0.05, 0.1) is 6.54 Å². The van der Waals surface area contributed by atoms with E-state index < -0.39 is 0 Å². The summed E-state index contributed by atoms with van der Waals surface area (Å²) in [5.74, 6) is 0.455. The summed E-state index contributed by atoms with van der Waals surface area (Å²) in [5.41, 5.74) is 11.0. The number of aryl methyl sites for hydroxylation is 2. The molecule has 1 aliphatic carbocycles. The minimum Gasteiger partial charge on any atom is -0.370 e. The molecule has 2 aromatic rings. The van der Waals surface area contributed by atoms with Gasteiger partial charge in [-0.05, 0) is 60.2 Å². The normalized spacial score (nSPS) is 13.4. The average Bonchev–Trinajstić information content (AvgIpc) is 2.94. The molecule has 0 saturated carbocycles. The van der Waals surface area contributed by atoms with Gasteiger partial charge in [-0.15, -0.1) is 24.0 Å². The van der Waals surface area contributed by atoms with Crippen LogP contribution in [0.1, 0.15) is 23.1 Å². The second-order valence-electron chi connectivity index (χ2n) is 5.29. The van der Waals surface area contributed by atoms with Crippen molar-refractivity contribution in [3.63, 3.8) is 0 Å². The summed E-state index contributed by atoms with van der Waals surface area (Å²) in [6.07, 6.45) is 3.62. The second-order valence-corrected chi connectivity index (χ2v) is 6.21. The third-order valence-corrected chi connectivity index (χ3v) is 4.24. The molecule has 0 atom stereocenters. The molecule has 0 radical (unpaired) electrons. The lowest BCUT2D eigenvalue weighted by Crippen LogP contribution is -2.22. The summed E-state index contributed by atoms with van der Waals surface area (Å²) in [5, 5.41) is 3.17. The highest BCUT2D eigenvalue weighted by molar-refractivity contribution is 14.0. The van der Waals surface area contributed by atoms with Crippen LogP contribution in [0.4, 0.5) is 5.69 Å². The molecule has 0 aliphatic heterocycles. The van der Waals surface area contributed by atoms with Gasteiger partial charge in [-0.2, -0.15) is 0 Å². The summed E-state index contributed by atoms with van der Waals surface area (Å²) in [4.78, 5) is 4.38. The zero-order valence-corrected chi connectivity index (χ0v) is 16.1. The molecule has 3 rings (SSSR count). The van der Waals surface area contributed by atoms with Crippen LogP contribution >= 0.6 is 39.9 Å². The van der Waals surface area contributed by atoms with E-state index in [9.17, 15) is 0 Å². The molecule has 0 bridgehead atoms. The number of benzene rings is 2. The number of guanidine groups is 1. The van der Waals surface area contributed by atoms with E-state index in [1.165, 1.54) is 30.4 Å². The molecule has 0 aromatic heterocycles. The monoisotopic (exact) mass is 471 g/mol. The van der Waals surface area contributed by atoms with Crippen molar-refractivity contribution in [2.75, 3.05) is 5.32 Å². The Hall–Kier alpha value is -1.08. The number of nitrogens with zero attached hydrogens (tertiary/aromatic N) is 1. The number of aliphatic imine (C=N–C) groups is 1. The van der Waals surface area contributed by atoms with E-state index in [0.717, 1.165) is 15.7 Å². The summed E-state index contributed by atoms with van der Waals surface area (Å²) < 4.78 is 1.07. The maximum absolute atomic E-state index is 5.96. The number of fused-ring (bicyclic) bond motifs is 1. The molecule has 1 aliphatic rings. The predicted molar refractivity (Wildman–Crippen MR) is 107 cm³/mol. The van der Waals surface area contributed by atoms with Crippen molar-refractivity contribution in [2.24, 2.45) is 10.7 Å². The Morgan fingerprint density at radius 1 is 1.09 bits per heavy atom. The molecular formula is C17H19BrIN3. The SMILES string of the molecule is I.NC(=NCc1ccc(Br)cc1)Nc1ccc2c(c1)CCC2. The minimum atomic E-state index is 0. The van der Waals surface area contributed by atoms with E-state index in [4.69, 9.17) is 5.73 Å². The van der Waals surface area contributed by atoms with E-state index in [0.29, 0.717) is 12.5 Å². The highest BCUT2D eigenvalue weighted by Crippen LogP contribution is 2.24. The Balaban J connectivity index is 0.00000176. The Kier molecular flexibility index (Phi) is 6.26. The zero-order valence-electron chi connectivity index (χ0n) is 12.2. The summed E-state index contributed by atoms with van der Waals surface area (Å²) >= 11 is 3.42. The molecule has 5 heteroatoms. The molecule has 22 heavy (non-hydrogen) atoms. The third-order valence-electron chi connectivity index (χ3n) is 3.72. The highest BCUT2D eigenvalue weighted by atomic mass is 127. The van der Waals surface area contributed by atoms with E-state index in [2.05, 4.69) is 44.4 Å². The number of rotatable bonds is 3. The van der Waals surface area contributed by atoms with Crippen molar-refractivity contribution in [3.05, 3.63) is 63.6 Å². The van der Waals surface area contributed by atoms with Crippen LogP contribution in [-0.2, 0) is 19.4 Å². The van der Waals surface area contributed by atoms with Gasteiger partial charge in [-0.1, -0.05) is 34.1 Å². The number of nitrogens with one attached hydrogen (secondary N) is 1. The maximum Gasteiger partial charge on any atom is 0.193 e. The topological polar surface area (TPSA) is 50.4 Å². The number of hydrogen-bond acceptors (Lipinski definition) is 1. The first-order valence-electron chi connectivity index (χ1n) is 7.14.